The highest BCUT2D eigenvalue weighted by atomic mass is 16.6. The molecule has 0 radical (unpaired) electrons. The monoisotopic (exact) mass is 313 g/mol. The van der Waals surface area contributed by atoms with E-state index in [1.165, 1.54) is 4.90 Å². The molecule has 1 rings (SSSR count). The standard InChI is InChI=1S/C16H27NO5/c1-15(2,3)21-13(19)10-11-9-12(18)7-8-17(11)14(20)22-16(4,5)6/h11H,7-10H2,1-6H3/t11-/m0/s1. The summed E-state index contributed by atoms with van der Waals surface area (Å²) in [7, 11) is 0. The highest BCUT2D eigenvalue weighted by Crippen LogP contribution is 2.22. The summed E-state index contributed by atoms with van der Waals surface area (Å²) < 4.78 is 10.6. The van der Waals surface area contributed by atoms with Gasteiger partial charge in [-0.1, -0.05) is 0 Å². The number of ether oxygens (including phenoxy) is 2. The van der Waals surface area contributed by atoms with Gasteiger partial charge in [0.15, 0.2) is 0 Å². The minimum atomic E-state index is -0.616. The molecule has 6 heteroatoms. The number of Topliss-reactive ketones (excluding diaryl/α,β-unsaturated/α-hetero) is 1. The van der Waals surface area contributed by atoms with Gasteiger partial charge in [-0.25, -0.2) is 4.79 Å². The van der Waals surface area contributed by atoms with E-state index >= 15 is 0 Å². The van der Waals surface area contributed by atoms with Gasteiger partial charge in [0.25, 0.3) is 0 Å². The number of likely N-dealkylation sites (tertiary alicyclic amines) is 1. The van der Waals surface area contributed by atoms with Crippen LogP contribution < -0.4 is 0 Å². The number of amides is 1. The summed E-state index contributed by atoms with van der Waals surface area (Å²) >= 11 is 0. The van der Waals surface area contributed by atoms with Crippen LogP contribution in [0.1, 0.15) is 60.8 Å². The fraction of sp³-hybridized carbons (Fsp3) is 0.812. The van der Waals surface area contributed by atoms with E-state index < -0.39 is 29.3 Å². The van der Waals surface area contributed by atoms with Gasteiger partial charge in [-0.15, -0.1) is 0 Å². The Labute approximate surface area is 132 Å². The average molecular weight is 313 g/mol. The van der Waals surface area contributed by atoms with Gasteiger partial charge in [0, 0.05) is 19.4 Å². The molecule has 22 heavy (non-hydrogen) atoms. The van der Waals surface area contributed by atoms with Gasteiger partial charge < -0.3 is 14.4 Å². The average Bonchev–Trinajstić information content (AvgIpc) is 2.23. The van der Waals surface area contributed by atoms with Gasteiger partial charge >= 0.3 is 12.1 Å². The number of esters is 1. The van der Waals surface area contributed by atoms with E-state index in [2.05, 4.69) is 0 Å². The Hall–Kier alpha value is -1.59. The Bertz CT molecular complexity index is 444. The van der Waals surface area contributed by atoms with E-state index in [1.54, 1.807) is 41.5 Å². The number of carbonyl (C=O) groups excluding carboxylic acids is 3. The molecule has 0 spiro atoms. The molecule has 0 aliphatic carbocycles. The molecule has 1 aliphatic heterocycles. The molecule has 1 fully saturated rings. The third kappa shape index (κ3) is 6.45. The van der Waals surface area contributed by atoms with Crippen molar-refractivity contribution in [2.75, 3.05) is 6.54 Å². The number of nitrogens with zero attached hydrogens (tertiary/aromatic N) is 1. The molecule has 0 aromatic rings. The number of carbonyl (C=O) groups is 3. The molecule has 0 N–H and O–H groups in total. The summed E-state index contributed by atoms with van der Waals surface area (Å²) in [6, 6.07) is -0.494. The normalized spacial score (nSPS) is 19.8. The summed E-state index contributed by atoms with van der Waals surface area (Å²) in [5.74, 6) is -0.367. The van der Waals surface area contributed by atoms with Crippen molar-refractivity contribution in [3.63, 3.8) is 0 Å². The van der Waals surface area contributed by atoms with Crippen LogP contribution in [0.2, 0.25) is 0 Å². The molecule has 6 nitrogen and oxygen atoms in total. The molecule has 1 saturated heterocycles. The maximum atomic E-state index is 12.2. The first kappa shape index (κ1) is 18.5. The molecular weight excluding hydrogens is 286 g/mol. The first-order chi connectivity index (χ1) is 9.87. The highest BCUT2D eigenvalue weighted by Gasteiger charge is 2.35. The molecule has 0 aromatic carbocycles. The van der Waals surface area contributed by atoms with Crippen molar-refractivity contribution in [2.24, 2.45) is 0 Å². The van der Waals surface area contributed by atoms with E-state index in [0.29, 0.717) is 6.42 Å². The first-order valence-electron chi connectivity index (χ1n) is 7.60. The van der Waals surface area contributed by atoms with Crippen molar-refractivity contribution in [1.29, 1.82) is 0 Å². The predicted octanol–water partition coefficient (Wildman–Crippen LogP) is 2.69. The summed E-state index contributed by atoms with van der Waals surface area (Å²) in [5.41, 5.74) is -1.21. The van der Waals surface area contributed by atoms with Crippen LogP contribution in [0, 0.1) is 0 Å². The highest BCUT2D eigenvalue weighted by molar-refractivity contribution is 5.83. The second kappa shape index (κ2) is 6.67. The largest absolute Gasteiger partial charge is 0.460 e. The van der Waals surface area contributed by atoms with Crippen LogP contribution in [-0.2, 0) is 19.1 Å². The van der Waals surface area contributed by atoms with Crippen molar-refractivity contribution >= 4 is 17.8 Å². The lowest BCUT2D eigenvalue weighted by Crippen LogP contribution is -2.49. The zero-order valence-electron chi connectivity index (χ0n) is 14.4. The lowest BCUT2D eigenvalue weighted by Gasteiger charge is -2.36. The van der Waals surface area contributed by atoms with Crippen molar-refractivity contribution < 1.29 is 23.9 Å². The topological polar surface area (TPSA) is 72.9 Å². The molecular formula is C16H27NO5. The Morgan fingerprint density at radius 1 is 1.09 bits per heavy atom. The third-order valence-corrected chi connectivity index (χ3v) is 2.99. The molecule has 0 bridgehead atoms. The number of hydrogen-bond donors (Lipinski definition) is 0. The van der Waals surface area contributed by atoms with Gasteiger partial charge in [0.1, 0.15) is 17.0 Å². The maximum Gasteiger partial charge on any atom is 0.410 e. The predicted molar refractivity (Wildman–Crippen MR) is 81.4 cm³/mol. The molecule has 1 atom stereocenters. The van der Waals surface area contributed by atoms with Gasteiger partial charge in [-0.3, -0.25) is 9.59 Å². The third-order valence-electron chi connectivity index (χ3n) is 2.99. The van der Waals surface area contributed by atoms with Gasteiger partial charge in [0.05, 0.1) is 12.5 Å². The van der Waals surface area contributed by atoms with Gasteiger partial charge in [-0.2, -0.15) is 0 Å². The van der Waals surface area contributed by atoms with Crippen molar-refractivity contribution in [2.45, 2.75) is 78.0 Å². The minimum Gasteiger partial charge on any atom is -0.460 e. The summed E-state index contributed by atoms with van der Waals surface area (Å²) in [6.07, 6.45) is -0.0290. The number of ketones is 1. The summed E-state index contributed by atoms with van der Waals surface area (Å²) in [5, 5.41) is 0. The smallest absolute Gasteiger partial charge is 0.410 e. The lowest BCUT2D eigenvalue weighted by molar-refractivity contribution is -0.156. The van der Waals surface area contributed by atoms with Crippen molar-refractivity contribution in [3.05, 3.63) is 0 Å². The summed E-state index contributed by atoms with van der Waals surface area (Å²) in [4.78, 5) is 37.3. The minimum absolute atomic E-state index is 0.00223. The molecule has 0 unspecified atom stereocenters. The number of hydrogen-bond acceptors (Lipinski definition) is 5. The van der Waals surface area contributed by atoms with E-state index in [9.17, 15) is 14.4 Å². The van der Waals surface area contributed by atoms with Gasteiger partial charge in [-0.05, 0) is 41.5 Å². The van der Waals surface area contributed by atoms with E-state index in [4.69, 9.17) is 9.47 Å². The maximum absolute atomic E-state index is 12.2. The Morgan fingerprint density at radius 2 is 1.64 bits per heavy atom. The second-order valence-electron chi connectivity index (χ2n) is 7.61. The summed E-state index contributed by atoms with van der Waals surface area (Å²) in [6.45, 7) is 11.0. The van der Waals surface area contributed by atoms with Crippen LogP contribution >= 0.6 is 0 Å². The van der Waals surface area contributed by atoms with Crippen LogP contribution in [0.5, 0.6) is 0 Å². The number of rotatable bonds is 2. The Kier molecular flexibility index (Phi) is 5.59. The van der Waals surface area contributed by atoms with Crippen LogP contribution in [0.15, 0.2) is 0 Å². The van der Waals surface area contributed by atoms with E-state index in [1.807, 2.05) is 0 Å². The van der Waals surface area contributed by atoms with Crippen LogP contribution in [0.3, 0.4) is 0 Å². The fourth-order valence-corrected chi connectivity index (χ4v) is 2.22. The van der Waals surface area contributed by atoms with Crippen molar-refractivity contribution in [1.82, 2.24) is 4.90 Å². The molecule has 1 aliphatic rings. The lowest BCUT2D eigenvalue weighted by atomic mass is 9.98. The van der Waals surface area contributed by atoms with E-state index in [0.717, 1.165) is 0 Å². The van der Waals surface area contributed by atoms with Crippen LogP contribution in [0.25, 0.3) is 0 Å². The molecule has 126 valence electrons. The Balaban J connectivity index is 2.75. The van der Waals surface area contributed by atoms with E-state index in [-0.39, 0.29) is 25.2 Å². The molecule has 0 aromatic heterocycles. The van der Waals surface area contributed by atoms with Gasteiger partial charge in [0.2, 0.25) is 0 Å². The quantitative estimate of drug-likeness (QED) is 0.733. The SMILES string of the molecule is CC(C)(C)OC(=O)C[C@@H]1CC(=O)CCN1C(=O)OC(C)(C)C. The van der Waals surface area contributed by atoms with Crippen LogP contribution in [-0.4, -0.2) is 46.5 Å². The molecule has 1 heterocycles. The van der Waals surface area contributed by atoms with Crippen molar-refractivity contribution in [3.8, 4) is 0 Å². The van der Waals surface area contributed by atoms with Crippen LogP contribution in [0.4, 0.5) is 4.79 Å². The second-order valence-corrected chi connectivity index (χ2v) is 7.61. The molecule has 0 saturated carbocycles. The fourth-order valence-electron chi connectivity index (χ4n) is 2.22. The Morgan fingerprint density at radius 3 is 2.14 bits per heavy atom. The zero-order chi connectivity index (χ0) is 17.1. The zero-order valence-corrected chi connectivity index (χ0v) is 14.4. The first-order valence-corrected chi connectivity index (χ1v) is 7.60. The number of piperidine rings is 1. The molecule has 1 amide bonds.